The number of fused-ring (bicyclic) bond motifs is 4. The van der Waals surface area contributed by atoms with E-state index in [0.29, 0.717) is 34.6 Å². The van der Waals surface area contributed by atoms with Gasteiger partial charge in [0.15, 0.2) is 12.1 Å². The molecule has 7 nitrogen and oxygen atoms in total. The molecule has 7 heteroatoms. The first kappa shape index (κ1) is 27.0. The van der Waals surface area contributed by atoms with E-state index in [1.165, 1.54) is 0 Å². The lowest BCUT2D eigenvalue weighted by Gasteiger charge is -2.58. The summed E-state index contributed by atoms with van der Waals surface area (Å²) in [5, 5.41) is 31.7. The molecule has 1 unspecified atom stereocenters. The van der Waals surface area contributed by atoms with Gasteiger partial charge in [-0.25, -0.2) is 0 Å². The zero-order chi connectivity index (χ0) is 28.2. The van der Waals surface area contributed by atoms with Crippen LogP contribution >= 0.6 is 0 Å². The molecule has 6 aliphatic rings. The van der Waals surface area contributed by atoms with Crippen molar-refractivity contribution >= 4 is 11.4 Å². The second kappa shape index (κ2) is 9.05. The third-order valence-corrected chi connectivity index (χ3v) is 12.8. The van der Waals surface area contributed by atoms with Crippen molar-refractivity contribution in [3.8, 4) is 0 Å². The highest BCUT2D eigenvalue weighted by atomic mass is 16.6. The number of aromatic nitrogens is 1. The molecule has 3 N–H and O–H groups in total. The maximum atomic E-state index is 14.4. The number of pyridine rings is 1. The third-order valence-electron chi connectivity index (χ3n) is 12.8. The Morgan fingerprint density at radius 3 is 2.65 bits per heavy atom. The highest BCUT2D eigenvalue weighted by Crippen LogP contribution is 2.73. The Bertz CT molecular complexity index is 1280. The largest absolute Gasteiger partial charge is 0.392 e. The van der Waals surface area contributed by atoms with Gasteiger partial charge in [0.05, 0.1) is 29.9 Å². The minimum absolute atomic E-state index is 0.0757. The van der Waals surface area contributed by atoms with Crippen LogP contribution in [-0.4, -0.2) is 62.9 Å². The van der Waals surface area contributed by atoms with Crippen LogP contribution in [0.2, 0.25) is 0 Å². The molecule has 12 atom stereocenters. The summed E-state index contributed by atoms with van der Waals surface area (Å²) in [4.78, 5) is 18.9. The maximum absolute atomic E-state index is 14.4. The van der Waals surface area contributed by atoms with Crippen molar-refractivity contribution in [3.63, 3.8) is 0 Å². The van der Waals surface area contributed by atoms with Crippen LogP contribution in [0.3, 0.4) is 0 Å². The van der Waals surface area contributed by atoms with Crippen LogP contribution in [-0.2, 0) is 14.3 Å². The van der Waals surface area contributed by atoms with E-state index in [4.69, 9.17) is 9.47 Å². The van der Waals surface area contributed by atoms with Crippen molar-refractivity contribution in [1.29, 1.82) is 0 Å². The third kappa shape index (κ3) is 3.36. The first-order chi connectivity index (χ1) is 19.1. The van der Waals surface area contributed by atoms with Gasteiger partial charge in [-0.15, -0.1) is 0 Å². The molecule has 216 valence electrons. The highest BCUT2D eigenvalue weighted by molar-refractivity contribution is 6.24. The van der Waals surface area contributed by atoms with Gasteiger partial charge in [0, 0.05) is 17.3 Å². The summed E-state index contributed by atoms with van der Waals surface area (Å²) in [6, 6.07) is 5.59. The summed E-state index contributed by atoms with van der Waals surface area (Å²) < 4.78 is 12.5. The Kier molecular flexibility index (Phi) is 6.10. The minimum Gasteiger partial charge on any atom is -0.392 e. The van der Waals surface area contributed by atoms with Gasteiger partial charge >= 0.3 is 0 Å². The van der Waals surface area contributed by atoms with Crippen molar-refractivity contribution in [1.82, 2.24) is 4.98 Å². The molecular weight excluding hydrogens is 506 g/mol. The summed E-state index contributed by atoms with van der Waals surface area (Å²) in [6.45, 7) is 8.64. The van der Waals surface area contributed by atoms with Crippen LogP contribution in [0.5, 0.6) is 0 Å². The predicted octanol–water partition coefficient (Wildman–Crippen LogP) is 4.07. The molecule has 0 amide bonds. The average molecular weight is 550 g/mol. The van der Waals surface area contributed by atoms with Crippen molar-refractivity contribution in [2.45, 2.75) is 96.4 Å². The standard InChI is InChI=1S/C33H43NO6/c1-17-13-26(39-30(38)21(17)16-35)18(2)22-8-9-23-19-15-28-33(40-28)27(36)14-20(25-7-5-6-12-34-25)29(37)32(33,4)24(19)10-11-31(22,23)3/h5-7,12,14,18-19,22-24,26-28,30,35-36,38H,8-11,13,15-16H2,1-4H3/t18-,19-,22+,23-,24-,26+,27-,28+,30?,31+,32-,33+/m0/s1. The van der Waals surface area contributed by atoms with Crippen LogP contribution in [0.4, 0.5) is 0 Å². The van der Waals surface area contributed by atoms with Crippen LogP contribution in [0.25, 0.3) is 5.57 Å². The van der Waals surface area contributed by atoms with Crippen molar-refractivity contribution in [2.75, 3.05) is 6.61 Å². The van der Waals surface area contributed by atoms with Crippen LogP contribution < -0.4 is 0 Å². The molecule has 4 fully saturated rings. The fourth-order valence-electron chi connectivity index (χ4n) is 10.7. The Morgan fingerprint density at radius 2 is 1.95 bits per heavy atom. The SMILES string of the molecule is CC1=C(CO)C(O)O[C@@H]([C@@H](C)[C@H]2CC[C@H]3[C@@H]4C[C@H]5O[C@]56[C@@H](O)C=C(c5ccccn5)C(=O)[C@]6(C)[C@H]4CC[C@]23C)C1. The number of ketones is 1. The van der Waals surface area contributed by atoms with Crippen LogP contribution in [0.15, 0.2) is 41.6 Å². The molecular formula is C33H43NO6. The summed E-state index contributed by atoms with van der Waals surface area (Å²) >= 11 is 0. The topological polar surface area (TPSA) is 112 Å². The first-order valence-corrected chi connectivity index (χ1v) is 15.2. The van der Waals surface area contributed by atoms with Crippen LogP contribution in [0, 0.1) is 40.4 Å². The van der Waals surface area contributed by atoms with E-state index in [9.17, 15) is 20.1 Å². The summed E-state index contributed by atoms with van der Waals surface area (Å²) in [5.74, 6) is 1.79. The molecule has 0 radical (unpaired) electrons. The number of epoxide rings is 1. The Hall–Kier alpha value is -1.90. The molecule has 2 aliphatic heterocycles. The molecule has 1 aromatic heterocycles. The summed E-state index contributed by atoms with van der Waals surface area (Å²) in [5.41, 5.74) is 1.30. The lowest BCUT2D eigenvalue weighted by atomic mass is 9.43. The fourth-order valence-corrected chi connectivity index (χ4v) is 10.7. The van der Waals surface area contributed by atoms with Gasteiger partial charge in [0.25, 0.3) is 0 Å². The van der Waals surface area contributed by atoms with Gasteiger partial charge in [-0.1, -0.05) is 25.5 Å². The second-order valence-electron chi connectivity index (χ2n) is 14.1. The summed E-state index contributed by atoms with van der Waals surface area (Å²) in [7, 11) is 0. The van der Waals surface area contributed by atoms with Gasteiger partial charge in [-0.3, -0.25) is 9.78 Å². The first-order valence-electron chi connectivity index (χ1n) is 15.2. The number of aliphatic hydroxyl groups excluding tert-OH is 3. The molecule has 1 saturated heterocycles. The van der Waals surface area contributed by atoms with E-state index >= 15 is 0 Å². The molecule has 4 aliphatic carbocycles. The quantitative estimate of drug-likeness (QED) is 0.383. The number of hydrogen-bond acceptors (Lipinski definition) is 7. The number of nitrogens with zero attached hydrogens (tertiary/aromatic N) is 1. The molecule has 0 bridgehead atoms. The summed E-state index contributed by atoms with van der Waals surface area (Å²) in [6.07, 6.45) is 7.21. The normalized spacial score (nSPS) is 48.5. The lowest BCUT2D eigenvalue weighted by molar-refractivity contribution is -0.161. The molecule has 40 heavy (non-hydrogen) atoms. The van der Waals surface area contributed by atoms with Gasteiger partial charge in [-0.05, 0) is 106 Å². The number of hydrogen-bond donors (Lipinski definition) is 3. The number of allylic oxidation sites excluding steroid dienone is 1. The Morgan fingerprint density at radius 1 is 1.15 bits per heavy atom. The van der Waals surface area contributed by atoms with Crippen molar-refractivity contribution < 1.29 is 29.6 Å². The zero-order valence-corrected chi connectivity index (χ0v) is 24.0. The molecule has 1 spiro atoms. The second-order valence-corrected chi connectivity index (χ2v) is 14.1. The smallest absolute Gasteiger partial charge is 0.179 e. The Balaban J connectivity index is 1.18. The Labute approximate surface area is 236 Å². The molecule has 3 heterocycles. The fraction of sp³-hybridized carbons (Fsp3) is 0.697. The highest BCUT2D eigenvalue weighted by Gasteiger charge is 2.81. The zero-order valence-electron chi connectivity index (χ0n) is 24.0. The number of aliphatic hydroxyl groups is 3. The van der Waals surface area contributed by atoms with Gasteiger partial charge in [0.2, 0.25) is 0 Å². The van der Waals surface area contributed by atoms with Crippen molar-refractivity contribution in [2.24, 2.45) is 40.4 Å². The maximum Gasteiger partial charge on any atom is 0.179 e. The number of carbonyl (C=O) groups excluding carboxylic acids is 1. The van der Waals surface area contributed by atoms with E-state index in [0.717, 1.165) is 44.1 Å². The molecule has 0 aromatic carbocycles. The number of Topliss-reactive ketones (excluding diaryl/α,β-unsaturated/α-hetero) is 1. The van der Waals surface area contributed by atoms with Crippen molar-refractivity contribution in [3.05, 3.63) is 47.3 Å². The van der Waals surface area contributed by atoms with E-state index in [1.54, 1.807) is 12.3 Å². The van der Waals surface area contributed by atoms with Gasteiger partial charge in [0.1, 0.15) is 11.7 Å². The lowest BCUT2D eigenvalue weighted by Crippen LogP contribution is -2.64. The van der Waals surface area contributed by atoms with E-state index in [2.05, 4.69) is 25.8 Å². The number of ether oxygens (including phenoxy) is 2. The van der Waals surface area contributed by atoms with Crippen LogP contribution in [0.1, 0.15) is 71.9 Å². The monoisotopic (exact) mass is 549 g/mol. The van der Waals surface area contributed by atoms with Gasteiger partial charge < -0.3 is 24.8 Å². The minimum atomic E-state index is -1.03. The average Bonchev–Trinajstić information content (AvgIpc) is 3.58. The molecule has 7 rings (SSSR count). The van der Waals surface area contributed by atoms with E-state index in [-0.39, 0.29) is 41.8 Å². The predicted molar refractivity (Wildman–Crippen MR) is 149 cm³/mol. The number of carbonyl (C=O) groups is 1. The number of rotatable bonds is 4. The van der Waals surface area contributed by atoms with E-state index < -0.39 is 23.4 Å². The molecule has 3 saturated carbocycles. The molecule has 1 aromatic rings. The van der Waals surface area contributed by atoms with Gasteiger partial charge in [-0.2, -0.15) is 0 Å². The van der Waals surface area contributed by atoms with E-state index in [1.807, 2.05) is 25.1 Å².